The summed E-state index contributed by atoms with van der Waals surface area (Å²) in [6.07, 6.45) is 4.68. The molecule has 1 atom stereocenters. The van der Waals surface area contributed by atoms with Crippen LogP contribution >= 0.6 is 0 Å². The van der Waals surface area contributed by atoms with E-state index in [4.69, 9.17) is 5.73 Å². The van der Waals surface area contributed by atoms with E-state index < -0.39 is 0 Å². The highest BCUT2D eigenvalue weighted by Gasteiger charge is 2.03. The topological polar surface area (TPSA) is 38.9 Å². The fourth-order valence-electron chi connectivity index (χ4n) is 1.18. The number of nitrogens with two attached hydrogens (primary N) is 1. The Morgan fingerprint density at radius 1 is 1.27 bits per heavy atom. The summed E-state index contributed by atoms with van der Waals surface area (Å²) in [5, 5.41) is 0. The van der Waals surface area contributed by atoms with Gasteiger partial charge in [-0.25, -0.2) is 0 Å². The summed E-state index contributed by atoms with van der Waals surface area (Å²) in [5.41, 5.74) is 8.23. The molecule has 0 amide bonds. The number of pyridine rings is 1. The zero-order valence-corrected chi connectivity index (χ0v) is 11.0. The second kappa shape index (κ2) is 11.2. The van der Waals surface area contributed by atoms with Crippen molar-refractivity contribution in [2.45, 2.75) is 54.0 Å². The predicted molar refractivity (Wildman–Crippen MR) is 68.9 cm³/mol. The molecule has 0 aromatic carbocycles. The summed E-state index contributed by atoms with van der Waals surface area (Å²) in [6, 6.07) is 2.11. The third kappa shape index (κ3) is 6.24. The maximum atomic E-state index is 5.76. The molecule has 0 bridgehead atoms. The Kier molecular flexibility index (Phi) is 12.3. The summed E-state index contributed by atoms with van der Waals surface area (Å²) in [6.45, 7) is 12.1. The van der Waals surface area contributed by atoms with Crippen LogP contribution in [0.2, 0.25) is 0 Å². The first-order valence-electron chi connectivity index (χ1n) is 5.94. The van der Waals surface area contributed by atoms with Crippen molar-refractivity contribution in [3.63, 3.8) is 0 Å². The van der Waals surface area contributed by atoms with Crippen LogP contribution in [0.5, 0.6) is 0 Å². The second-order valence-electron chi connectivity index (χ2n) is 2.72. The van der Waals surface area contributed by atoms with Gasteiger partial charge in [0.25, 0.3) is 0 Å². The predicted octanol–water partition coefficient (Wildman–Crippen LogP) is 3.72. The third-order valence-corrected chi connectivity index (χ3v) is 1.81. The lowest BCUT2D eigenvalue weighted by atomic mass is 10.0. The van der Waals surface area contributed by atoms with Gasteiger partial charge < -0.3 is 5.73 Å². The van der Waals surface area contributed by atoms with Crippen LogP contribution < -0.4 is 5.73 Å². The van der Waals surface area contributed by atoms with E-state index in [0.29, 0.717) is 0 Å². The fourth-order valence-corrected chi connectivity index (χ4v) is 1.18. The monoisotopic (exact) mass is 210 g/mol. The molecule has 0 radical (unpaired) electrons. The lowest BCUT2D eigenvalue weighted by Crippen LogP contribution is -2.08. The molecule has 2 heteroatoms. The van der Waals surface area contributed by atoms with Crippen LogP contribution in [0, 0.1) is 0 Å². The average Bonchev–Trinajstić information content (AvgIpc) is 2.34. The molecule has 88 valence electrons. The highest BCUT2D eigenvalue weighted by Crippen LogP contribution is 2.14. The molecule has 2 N–H and O–H groups in total. The van der Waals surface area contributed by atoms with Crippen LogP contribution in [0.3, 0.4) is 0 Å². The smallest absolute Gasteiger partial charge is 0.0303 e. The van der Waals surface area contributed by atoms with E-state index in [1.807, 2.05) is 46.9 Å². The van der Waals surface area contributed by atoms with E-state index in [1.54, 1.807) is 6.20 Å². The van der Waals surface area contributed by atoms with E-state index in [-0.39, 0.29) is 6.04 Å². The van der Waals surface area contributed by atoms with Crippen molar-refractivity contribution in [2.24, 2.45) is 5.73 Å². The Morgan fingerprint density at radius 3 is 2.13 bits per heavy atom. The van der Waals surface area contributed by atoms with Crippen LogP contribution in [0.1, 0.15) is 58.7 Å². The van der Waals surface area contributed by atoms with Crippen LogP contribution in [0.25, 0.3) is 0 Å². The molecule has 1 aromatic heterocycles. The van der Waals surface area contributed by atoms with E-state index in [9.17, 15) is 0 Å². The minimum absolute atomic E-state index is 0.118. The zero-order valence-electron chi connectivity index (χ0n) is 11.0. The van der Waals surface area contributed by atoms with Crippen LogP contribution in [-0.4, -0.2) is 4.98 Å². The maximum Gasteiger partial charge on any atom is 0.0303 e. The normalized spacial score (nSPS) is 10.3. The van der Waals surface area contributed by atoms with Gasteiger partial charge in [0.1, 0.15) is 0 Å². The Morgan fingerprint density at radius 2 is 1.80 bits per heavy atom. The molecular weight excluding hydrogens is 184 g/mol. The molecule has 0 fully saturated rings. The second-order valence-corrected chi connectivity index (χ2v) is 2.72. The van der Waals surface area contributed by atoms with Gasteiger partial charge in [-0.05, 0) is 30.5 Å². The number of nitrogens with zero attached hydrogens (tertiary/aromatic N) is 1. The summed E-state index contributed by atoms with van der Waals surface area (Å²) in [5.74, 6) is 0. The highest BCUT2D eigenvalue weighted by atomic mass is 14.6. The van der Waals surface area contributed by atoms with Crippen molar-refractivity contribution >= 4 is 0 Å². The quantitative estimate of drug-likeness (QED) is 0.808. The first-order chi connectivity index (χ1) is 7.25. The molecule has 0 aliphatic carbocycles. The summed E-state index contributed by atoms with van der Waals surface area (Å²) in [7, 11) is 0. The van der Waals surface area contributed by atoms with E-state index in [0.717, 1.165) is 6.42 Å². The lowest BCUT2D eigenvalue weighted by Gasteiger charge is -2.09. The van der Waals surface area contributed by atoms with Gasteiger partial charge >= 0.3 is 0 Å². The lowest BCUT2D eigenvalue weighted by molar-refractivity contribution is 0.797. The van der Waals surface area contributed by atoms with Crippen LogP contribution in [0.4, 0.5) is 0 Å². The number of aromatic nitrogens is 1. The van der Waals surface area contributed by atoms with Gasteiger partial charge in [-0.15, -0.1) is 0 Å². The molecule has 0 aliphatic heterocycles. The van der Waals surface area contributed by atoms with Gasteiger partial charge in [-0.3, -0.25) is 4.98 Å². The van der Waals surface area contributed by atoms with Crippen molar-refractivity contribution in [3.8, 4) is 0 Å². The van der Waals surface area contributed by atoms with Gasteiger partial charge in [0, 0.05) is 18.4 Å². The SMILES string of the molecule is CC.CC.CCc1cnccc1C(C)N. The average molecular weight is 210 g/mol. The molecule has 1 unspecified atom stereocenters. The van der Waals surface area contributed by atoms with Crippen molar-refractivity contribution in [3.05, 3.63) is 29.6 Å². The standard InChI is InChI=1S/C9H14N2.2C2H6/c1-3-8-6-11-5-4-9(8)7(2)10;2*1-2/h4-7H,3,10H2,1-2H3;2*1-2H3. The molecule has 1 rings (SSSR count). The van der Waals surface area contributed by atoms with E-state index >= 15 is 0 Å². The molecule has 15 heavy (non-hydrogen) atoms. The Balaban J connectivity index is 0. The van der Waals surface area contributed by atoms with Crippen molar-refractivity contribution in [2.75, 3.05) is 0 Å². The summed E-state index contributed by atoms with van der Waals surface area (Å²) < 4.78 is 0. The number of rotatable bonds is 2. The van der Waals surface area contributed by atoms with Crippen LogP contribution in [0.15, 0.2) is 18.5 Å². The van der Waals surface area contributed by atoms with Gasteiger partial charge in [0.2, 0.25) is 0 Å². The van der Waals surface area contributed by atoms with Gasteiger partial charge in [0.15, 0.2) is 0 Å². The minimum Gasteiger partial charge on any atom is -0.324 e. The highest BCUT2D eigenvalue weighted by molar-refractivity contribution is 5.25. The Hall–Kier alpha value is -0.890. The third-order valence-electron chi connectivity index (χ3n) is 1.81. The van der Waals surface area contributed by atoms with Gasteiger partial charge in [-0.1, -0.05) is 34.6 Å². The number of hydrogen-bond acceptors (Lipinski definition) is 2. The molecule has 2 nitrogen and oxygen atoms in total. The van der Waals surface area contributed by atoms with E-state index in [1.165, 1.54) is 11.1 Å². The Labute approximate surface area is 94.9 Å². The molecule has 0 aliphatic rings. The molecule has 0 saturated carbocycles. The molecule has 1 aromatic rings. The summed E-state index contributed by atoms with van der Waals surface area (Å²) in [4.78, 5) is 4.04. The van der Waals surface area contributed by atoms with Gasteiger partial charge in [-0.2, -0.15) is 0 Å². The van der Waals surface area contributed by atoms with Crippen molar-refractivity contribution < 1.29 is 0 Å². The van der Waals surface area contributed by atoms with Crippen molar-refractivity contribution in [1.82, 2.24) is 4.98 Å². The fraction of sp³-hybridized carbons (Fsp3) is 0.615. The molecule has 0 saturated heterocycles. The van der Waals surface area contributed by atoms with E-state index in [2.05, 4.69) is 11.9 Å². The van der Waals surface area contributed by atoms with Crippen LogP contribution in [-0.2, 0) is 6.42 Å². The summed E-state index contributed by atoms with van der Waals surface area (Å²) >= 11 is 0. The Bertz CT molecular complexity index is 232. The first kappa shape index (κ1) is 16.5. The molecular formula is C13H26N2. The minimum atomic E-state index is 0.118. The number of hydrogen-bond donors (Lipinski definition) is 1. The number of aryl methyl sites for hydroxylation is 1. The van der Waals surface area contributed by atoms with Gasteiger partial charge in [0.05, 0.1) is 0 Å². The van der Waals surface area contributed by atoms with Crippen molar-refractivity contribution in [1.29, 1.82) is 0 Å². The zero-order chi connectivity index (χ0) is 12.3. The first-order valence-corrected chi connectivity index (χ1v) is 5.94. The molecule has 1 heterocycles. The molecule has 0 spiro atoms. The maximum absolute atomic E-state index is 5.76. The largest absolute Gasteiger partial charge is 0.324 e.